The maximum Gasteiger partial charge on any atom is 0.174 e. The molecule has 0 saturated heterocycles. The van der Waals surface area contributed by atoms with Crippen molar-refractivity contribution >= 4 is 0 Å². The first-order valence-corrected chi connectivity index (χ1v) is 6.60. The van der Waals surface area contributed by atoms with E-state index in [1.165, 1.54) is 0 Å². The lowest BCUT2D eigenvalue weighted by Gasteiger charge is -2.23. The van der Waals surface area contributed by atoms with Crippen LogP contribution in [-0.4, -0.2) is 13.2 Å². The highest BCUT2D eigenvalue weighted by Gasteiger charge is 2.20. The van der Waals surface area contributed by atoms with Gasteiger partial charge in [-0.2, -0.15) is 5.26 Å². The first-order chi connectivity index (χ1) is 9.83. The molecule has 0 aliphatic heterocycles. The van der Waals surface area contributed by atoms with E-state index in [9.17, 15) is 0 Å². The number of nitrogens with two attached hydrogens (primary N) is 1. The van der Waals surface area contributed by atoms with E-state index in [4.69, 9.17) is 20.5 Å². The highest BCUT2D eigenvalue weighted by molar-refractivity contribution is 5.21. The third-order valence-electron chi connectivity index (χ3n) is 3.14. The maximum absolute atomic E-state index is 8.54. The third-order valence-corrected chi connectivity index (χ3v) is 3.14. The fourth-order valence-electron chi connectivity index (χ4n) is 2.06. The summed E-state index contributed by atoms with van der Waals surface area (Å²) in [4.78, 5) is 0. The lowest BCUT2D eigenvalue weighted by Crippen LogP contribution is -2.21. The minimum Gasteiger partial charge on any atom is -0.493 e. The molecule has 0 radical (unpaired) electrons. The molecule has 0 heterocycles. The Hall–Kier alpha value is -2.25. The predicted octanol–water partition coefficient (Wildman–Crippen LogP) is 2.49. The summed E-state index contributed by atoms with van der Waals surface area (Å²) in [6, 6.07) is 12.0. The molecule has 0 fully saturated rings. The molecule has 1 aromatic carbocycles. The summed E-state index contributed by atoms with van der Waals surface area (Å²) in [6.45, 7) is 1.08. The van der Waals surface area contributed by atoms with Crippen LogP contribution < -0.4 is 5.73 Å². The van der Waals surface area contributed by atoms with Crippen molar-refractivity contribution in [3.63, 3.8) is 0 Å². The zero-order valence-corrected chi connectivity index (χ0v) is 11.3. The Morgan fingerprint density at radius 2 is 2.00 bits per heavy atom. The van der Waals surface area contributed by atoms with Crippen LogP contribution in [0.15, 0.2) is 54.0 Å². The van der Waals surface area contributed by atoms with Crippen LogP contribution in [0.25, 0.3) is 0 Å². The lowest BCUT2D eigenvalue weighted by atomic mass is 9.97. The van der Waals surface area contributed by atoms with E-state index in [2.05, 4.69) is 0 Å². The van der Waals surface area contributed by atoms with Crippen molar-refractivity contribution in [2.24, 2.45) is 11.7 Å². The third kappa shape index (κ3) is 3.87. The van der Waals surface area contributed by atoms with Crippen LogP contribution in [0, 0.1) is 17.2 Å². The van der Waals surface area contributed by atoms with Crippen molar-refractivity contribution < 1.29 is 9.47 Å². The Morgan fingerprint density at radius 3 is 2.70 bits per heavy atom. The van der Waals surface area contributed by atoms with Crippen molar-refractivity contribution in [1.29, 1.82) is 5.26 Å². The molecule has 4 heteroatoms. The fourth-order valence-corrected chi connectivity index (χ4v) is 2.06. The van der Waals surface area contributed by atoms with Gasteiger partial charge >= 0.3 is 0 Å². The van der Waals surface area contributed by atoms with Crippen LogP contribution in [0.2, 0.25) is 0 Å². The highest BCUT2D eigenvalue weighted by Crippen LogP contribution is 2.26. The number of nitrogens with zero attached hydrogens (tertiary/aromatic N) is 1. The molecule has 4 nitrogen and oxygen atoms in total. The molecule has 0 bridgehead atoms. The van der Waals surface area contributed by atoms with Gasteiger partial charge in [0.2, 0.25) is 0 Å². The molecular formula is C16H18N2O2. The molecule has 1 aliphatic rings. The molecule has 1 aromatic rings. The van der Waals surface area contributed by atoms with Crippen LogP contribution in [0.3, 0.4) is 0 Å². The van der Waals surface area contributed by atoms with E-state index in [1.807, 2.05) is 48.6 Å². The van der Waals surface area contributed by atoms with E-state index in [1.54, 1.807) is 0 Å². The Kier molecular flexibility index (Phi) is 5.22. The van der Waals surface area contributed by atoms with Crippen LogP contribution in [0.4, 0.5) is 0 Å². The van der Waals surface area contributed by atoms with Gasteiger partial charge in [0, 0.05) is 18.9 Å². The molecule has 0 saturated carbocycles. The van der Waals surface area contributed by atoms with E-state index < -0.39 is 0 Å². The molecule has 0 amide bonds. The van der Waals surface area contributed by atoms with Gasteiger partial charge in [-0.3, -0.25) is 0 Å². The van der Waals surface area contributed by atoms with Gasteiger partial charge in [-0.25, -0.2) is 0 Å². The molecule has 20 heavy (non-hydrogen) atoms. The zero-order valence-electron chi connectivity index (χ0n) is 11.3. The first kappa shape index (κ1) is 14.2. The molecule has 0 spiro atoms. The van der Waals surface area contributed by atoms with Gasteiger partial charge in [0.05, 0.1) is 5.76 Å². The number of nitriles is 1. The highest BCUT2D eigenvalue weighted by atomic mass is 16.5. The number of ether oxygens (including phenoxy) is 2. The summed E-state index contributed by atoms with van der Waals surface area (Å²) in [5.41, 5.74) is 6.88. The second kappa shape index (κ2) is 7.37. The number of benzene rings is 1. The van der Waals surface area contributed by atoms with Gasteiger partial charge in [0.1, 0.15) is 18.4 Å². The van der Waals surface area contributed by atoms with Crippen molar-refractivity contribution in [2.45, 2.75) is 13.0 Å². The van der Waals surface area contributed by atoms with Gasteiger partial charge in [-0.1, -0.05) is 30.3 Å². The molecule has 1 atom stereocenters. The first-order valence-electron chi connectivity index (χ1n) is 6.60. The minimum absolute atomic E-state index is 0.0520. The Balaban J connectivity index is 1.94. The second-order valence-electron chi connectivity index (χ2n) is 4.56. The monoisotopic (exact) mass is 270 g/mol. The summed E-state index contributed by atoms with van der Waals surface area (Å²) < 4.78 is 11.2. The van der Waals surface area contributed by atoms with Crippen molar-refractivity contribution in [3.8, 4) is 6.07 Å². The Bertz CT molecular complexity index is 529. The van der Waals surface area contributed by atoms with Gasteiger partial charge in [0.25, 0.3) is 0 Å². The second-order valence-corrected chi connectivity index (χ2v) is 4.56. The summed E-state index contributed by atoms with van der Waals surface area (Å²) in [5.74, 6) is 1.74. The number of hydrogen-bond acceptors (Lipinski definition) is 4. The van der Waals surface area contributed by atoms with Gasteiger partial charge in [-0.15, -0.1) is 0 Å². The van der Waals surface area contributed by atoms with Crippen LogP contribution >= 0.6 is 0 Å². The molecular weight excluding hydrogens is 252 g/mol. The summed E-state index contributed by atoms with van der Waals surface area (Å²) in [7, 11) is 0. The van der Waals surface area contributed by atoms with Gasteiger partial charge in [0.15, 0.2) is 6.61 Å². The van der Waals surface area contributed by atoms with Crippen molar-refractivity contribution in [1.82, 2.24) is 0 Å². The minimum atomic E-state index is 0.0520. The SMILES string of the molecule is N#CCOC1=CC=C(OCc2ccccc2)CC1CN. The molecule has 1 unspecified atom stereocenters. The molecule has 0 aromatic heterocycles. The average molecular weight is 270 g/mol. The quantitative estimate of drug-likeness (QED) is 0.862. The van der Waals surface area contributed by atoms with Crippen molar-refractivity contribution in [3.05, 3.63) is 59.6 Å². The van der Waals surface area contributed by atoms with Crippen molar-refractivity contribution in [2.75, 3.05) is 13.2 Å². The number of allylic oxidation sites excluding steroid dienone is 3. The summed E-state index contributed by atoms with van der Waals surface area (Å²) in [5, 5.41) is 8.54. The lowest BCUT2D eigenvalue weighted by molar-refractivity contribution is 0.157. The molecule has 104 valence electrons. The maximum atomic E-state index is 8.54. The summed E-state index contributed by atoms with van der Waals surface area (Å²) in [6.07, 6.45) is 4.45. The van der Waals surface area contributed by atoms with Crippen LogP contribution in [0.1, 0.15) is 12.0 Å². The Morgan fingerprint density at radius 1 is 1.20 bits per heavy atom. The summed E-state index contributed by atoms with van der Waals surface area (Å²) >= 11 is 0. The smallest absolute Gasteiger partial charge is 0.174 e. The molecule has 2 N–H and O–H groups in total. The average Bonchev–Trinajstić information content (AvgIpc) is 2.52. The molecule has 2 rings (SSSR count). The standard InChI is InChI=1S/C16H18N2O2/c17-8-9-19-16-7-6-15(10-14(16)11-18)20-12-13-4-2-1-3-5-13/h1-7,14H,9-12,18H2. The normalized spacial score (nSPS) is 17.7. The molecule has 1 aliphatic carbocycles. The Labute approximate surface area is 119 Å². The van der Waals surface area contributed by atoms with Crippen LogP contribution in [0.5, 0.6) is 0 Å². The van der Waals surface area contributed by atoms with Crippen LogP contribution in [-0.2, 0) is 16.1 Å². The van der Waals surface area contributed by atoms with E-state index in [-0.39, 0.29) is 12.5 Å². The van der Waals surface area contributed by atoms with E-state index in [0.29, 0.717) is 19.6 Å². The zero-order chi connectivity index (χ0) is 14.2. The number of rotatable bonds is 6. The largest absolute Gasteiger partial charge is 0.493 e. The predicted molar refractivity (Wildman–Crippen MR) is 76.1 cm³/mol. The fraction of sp³-hybridized carbons (Fsp3) is 0.312. The topological polar surface area (TPSA) is 68.3 Å². The van der Waals surface area contributed by atoms with Gasteiger partial charge in [-0.05, 0) is 17.7 Å². The van der Waals surface area contributed by atoms with E-state index >= 15 is 0 Å². The number of hydrogen-bond donors (Lipinski definition) is 1. The van der Waals surface area contributed by atoms with Gasteiger partial charge < -0.3 is 15.2 Å². The van der Waals surface area contributed by atoms with E-state index in [0.717, 1.165) is 17.1 Å².